The van der Waals surface area contributed by atoms with Crippen LogP contribution in [-0.2, 0) is 0 Å². The highest BCUT2D eigenvalue weighted by Gasteiger charge is 2.31. The van der Waals surface area contributed by atoms with Gasteiger partial charge in [0.1, 0.15) is 17.1 Å². The van der Waals surface area contributed by atoms with E-state index in [1.54, 1.807) is 62.6 Å². The Morgan fingerprint density at radius 1 is 0.582 bits per heavy atom. The number of rotatable bonds is 11. The summed E-state index contributed by atoms with van der Waals surface area (Å²) in [5, 5.41) is 2.02. The van der Waals surface area contributed by atoms with Crippen molar-refractivity contribution in [3.8, 4) is 17.2 Å². The molecule has 0 saturated carbocycles. The first-order chi connectivity index (χ1) is 25.8. The van der Waals surface area contributed by atoms with Crippen molar-refractivity contribution >= 4 is 42.7 Å². The van der Waals surface area contributed by atoms with Crippen LogP contribution in [0, 0.1) is 23.3 Å². The van der Waals surface area contributed by atoms with Crippen molar-refractivity contribution in [1.29, 1.82) is 0 Å². The van der Waals surface area contributed by atoms with E-state index < -0.39 is 46.5 Å². The molecule has 0 aromatic heterocycles. The van der Waals surface area contributed by atoms with Gasteiger partial charge in [0.25, 0.3) is 5.91 Å². The van der Waals surface area contributed by atoms with Gasteiger partial charge >= 0.3 is 5.97 Å². The van der Waals surface area contributed by atoms with Gasteiger partial charge in [-0.2, -0.15) is 22.3 Å². The summed E-state index contributed by atoms with van der Waals surface area (Å²) < 4.78 is 70.5. The zero-order valence-corrected chi connectivity index (χ0v) is 31.1. The lowest BCUT2D eigenvalue weighted by Gasteiger charge is -2.12. The van der Waals surface area contributed by atoms with Crippen LogP contribution in [0.1, 0.15) is 72.1 Å². The van der Waals surface area contributed by atoms with E-state index in [9.17, 15) is 41.5 Å². The third kappa shape index (κ3) is 12.7. The maximum Gasteiger partial charge on any atom is 0.343 e. The van der Waals surface area contributed by atoms with E-state index in [1.165, 1.54) is 38.3 Å². The number of halogens is 4. The van der Waals surface area contributed by atoms with E-state index in [4.69, 9.17) is 9.47 Å². The van der Waals surface area contributed by atoms with E-state index >= 15 is 0 Å². The van der Waals surface area contributed by atoms with Crippen LogP contribution in [0.5, 0.6) is 17.2 Å². The van der Waals surface area contributed by atoms with Gasteiger partial charge in [-0.3, -0.25) is 19.2 Å². The molecule has 0 aliphatic heterocycles. The largest absolute Gasteiger partial charge is 0.497 e. The Labute approximate surface area is 321 Å². The highest BCUT2D eigenvalue weighted by atomic mass is 32.1. The fourth-order valence-electron chi connectivity index (χ4n) is 4.49. The number of nitrogens with one attached hydrogen (secondary N) is 1. The smallest absolute Gasteiger partial charge is 0.343 e. The van der Waals surface area contributed by atoms with Crippen molar-refractivity contribution in [3.05, 3.63) is 160 Å². The molecule has 5 aromatic carbocycles. The Bertz CT molecular complexity index is 2090. The highest BCUT2D eigenvalue weighted by molar-refractivity contribution is 7.59. The lowest BCUT2D eigenvalue weighted by Crippen LogP contribution is -2.26. The average Bonchev–Trinajstić information content (AvgIpc) is 3.20. The molecule has 14 heteroatoms. The lowest BCUT2D eigenvalue weighted by molar-refractivity contribution is 0.0715. The average molecular weight is 780 g/mol. The molecule has 55 heavy (non-hydrogen) atoms. The van der Waals surface area contributed by atoms with Gasteiger partial charge in [-0.1, -0.05) is 78.9 Å². The standard InChI is InChI=1S/C17H13F4NO4.C16H14O3.C8H8O.H2S/c1-3-22-16(23)10-11(18)13(20)15(14(21)12(10)19)26-17(24)8-5-4-6-9(7-8)25-2;1-19-14-9-5-8-13(10-14)16(18)11-15(17)12-6-3-2-4-7-12;1-7(9)8-5-3-2-4-6-8;/h4-7H,3H2,1-2H3,(H,22,23);2-10H,11H2,1H3;2-6H,1H3;1H2. The molecule has 0 atom stereocenters. The molecule has 0 bridgehead atoms. The van der Waals surface area contributed by atoms with Crippen LogP contribution in [-0.4, -0.2) is 50.0 Å². The molecule has 0 heterocycles. The summed E-state index contributed by atoms with van der Waals surface area (Å²) in [5.41, 5.74) is 0.208. The van der Waals surface area contributed by atoms with Gasteiger partial charge in [0.15, 0.2) is 29.0 Å². The van der Waals surface area contributed by atoms with Gasteiger partial charge in [-0.25, -0.2) is 13.6 Å². The van der Waals surface area contributed by atoms with Crippen LogP contribution < -0.4 is 19.5 Å². The maximum atomic E-state index is 14.1. The van der Waals surface area contributed by atoms with Crippen LogP contribution in [0.25, 0.3) is 0 Å². The first-order valence-electron chi connectivity index (χ1n) is 16.1. The predicted octanol–water partition coefficient (Wildman–Crippen LogP) is 8.37. The molecule has 0 saturated heterocycles. The van der Waals surface area contributed by atoms with Gasteiger partial charge in [-0.15, -0.1) is 0 Å². The number of methoxy groups -OCH3 is 2. The topological polar surface area (TPSA) is 125 Å². The minimum Gasteiger partial charge on any atom is -0.497 e. The Morgan fingerprint density at radius 3 is 1.47 bits per heavy atom. The predicted molar refractivity (Wildman–Crippen MR) is 202 cm³/mol. The Hall–Kier alpha value is -6.28. The molecule has 0 fully saturated rings. The van der Waals surface area contributed by atoms with Crippen molar-refractivity contribution in [2.24, 2.45) is 0 Å². The second kappa shape index (κ2) is 22.1. The Balaban J connectivity index is 0.000000314. The van der Waals surface area contributed by atoms with Crippen LogP contribution in [0.15, 0.2) is 109 Å². The fourth-order valence-corrected chi connectivity index (χ4v) is 4.49. The molecule has 5 rings (SSSR count). The van der Waals surface area contributed by atoms with Crippen molar-refractivity contribution in [2.75, 3.05) is 20.8 Å². The van der Waals surface area contributed by atoms with E-state index in [1.807, 2.05) is 41.7 Å². The molecule has 1 N–H and O–H groups in total. The summed E-state index contributed by atoms with van der Waals surface area (Å²) in [6, 6.07) is 30.2. The van der Waals surface area contributed by atoms with Gasteiger partial charge < -0.3 is 19.5 Å². The maximum absolute atomic E-state index is 14.1. The number of ether oxygens (including phenoxy) is 3. The summed E-state index contributed by atoms with van der Waals surface area (Å²) in [6.07, 6.45) is -0.128. The van der Waals surface area contributed by atoms with E-state index in [0.717, 1.165) is 5.56 Å². The zero-order chi connectivity index (χ0) is 39.8. The number of hydrogen-bond donors (Lipinski definition) is 1. The summed E-state index contributed by atoms with van der Waals surface area (Å²) >= 11 is 0. The number of amides is 1. The number of esters is 1. The molecule has 0 aliphatic carbocycles. The van der Waals surface area contributed by atoms with Crippen LogP contribution in [0.4, 0.5) is 17.6 Å². The highest BCUT2D eigenvalue weighted by Crippen LogP contribution is 2.31. The van der Waals surface area contributed by atoms with Crippen molar-refractivity contribution in [2.45, 2.75) is 20.3 Å². The minimum atomic E-state index is -2.00. The van der Waals surface area contributed by atoms with Crippen LogP contribution in [0.2, 0.25) is 0 Å². The quantitative estimate of drug-likeness (QED) is 0.0354. The van der Waals surface area contributed by atoms with E-state index in [-0.39, 0.29) is 55.1 Å². The van der Waals surface area contributed by atoms with E-state index in [2.05, 4.69) is 4.74 Å². The molecule has 0 aliphatic rings. The summed E-state index contributed by atoms with van der Waals surface area (Å²) in [6.45, 7) is 2.99. The van der Waals surface area contributed by atoms with Crippen molar-refractivity contribution in [3.63, 3.8) is 0 Å². The van der Waals surface area contributed by atoms with Crippen molar-refractivity contribution < 1.29 is 55.7 Å². The third-order valence-electron chi connectivity index (χ3n) is 7.28. The molecule has 0 spiro atoms. The molecule has 1 amide bonds. The number of carbonyl (C=O) groups is 5. The number of ketones is 3. The summed E-state index contributed by atoms with van der Waals surface area (Å²) in [7, 11) is 2.87. The number of benzene rings is 5. The molecular formula is C41H37F4NO8S. The third-order valence-corrected chi connectivity index (χ3v) is 7.28. The second-order valence-corrected chi connectivity index (χ2v) is 11.0. The fraction of sp³-hybridized carbons (Fsp3) is 0.146. The van der Waals surface area contributed by atoms with Crippen molar-refractivity contribution in [1.82, 2.24) is 5.32 Å². The minimum absolute atomic E-state index is 0. The van der Waals surface area contributed by atoms with Crippen LogP contribution >= 0.6 is 13.5 Å². The van der Waals surface area contributed by atoms with Gasteiger partial charge in [0.05, 0.1) is 26.2 Å². The number of carbonyl (C=O) groups excluding carboxylic acids is 5. The Kier molecular flexibility index (Phi) is 18.0. The zero-order valence-electron chi connectivity index (χ0n) is 30.1. The summed E-state index contributed by atoms with van der Waals surface area (Å²) in [5.74, 6) is -11.5. The van der Waals surface area contributed by atoms with Gasteiger partial charge in [-0.05, 0) is 44.2 Å². The first-order valence-corrected chi connectivity index (χ1v) is 16.1. The molecular weight excluding hydrogens is 743 g/mol. The monoisotopic (exact) mass is 779 g/mol. The molecule has 288 valence electrons. The summed E-state index contributed by atoms with van der Waals surface area (Å²) in [4.78, 5) is 58.2. The lowest BCUT2D eigenvalue weighted by atomic mass is 10.0. The molecule has 9 nitrogen and oxygen atoms in total. The van der Waals surface area contributed by atoms with E-state index in [0.29, 0.717) is 16.9 Å². The SMILES string of the molecule is CC(=O)c1ccccc1.CCNC(=O)c1c(F)c(F)c(OC(=O)c2cccc(OC)c2)c(F)c1F.COc1cccc(C(=O)CC(=O)c2ccccc2)c1.S. The molecule has 5 aromatic rings. The number of hydrogen-bond acceptors (Lipinski definition) is 8. The Morgan fingerprint density at radius 2 is 1.02 bits per heavy atom. The normalized spacial score (nSPS) is 9.82. The second-order valence-electron chi connectivity index (χ2n) is 11.0. The molecule has 0 radical (unpaired) electrons. The molecule has 0 unspecified atom stereocenters. The first kappa shape index (κ1) is 44.9. The van der Waals surface area contributed by atoms with Crippen LogP contribution in [0.3, 0.4) is 0 Å². The van der Waals surface area contributed by atoms with Gasteiger partial charge in [0.2, 0.25) is 17.4 Å². The number of Topliss-reactive ketones (excluding diaryl/α,β-unsaturated/α-hetero) is 3. The van der Waals surface area contributed by atoms with Gasteiger partial charge in [0, 0.05) is 23.2 Å².